The quantitative estimate of drug-likeness (QED) is 0.752. The Morgan fingerprint density at radius 3 is 2.71 bits per heavy atom. The Hall–Kier alpha value is -1.38. The minimum absolute atomic E-state index is 0.0972. The van der Waals surface area contributed by atoms with Gasteiger partial charge in [-0.25, -0.2) is 0 Å². The van der Waals surface area contributed by atoms with Crippen molar-refractivity contribution in [3.8, 4) is 0 Å². The molecule has 1 aliphatic rings. The zero-order chi connectivity index (χ0) is 12.4. The van der Waals surface area contributed by atoms with Gasteiger partial charge in [0.25, 0.3) is 5.56 Å². The third kappa shape index (κ3) is 2.19. The van der Waals surface area contributed by atoms with E-state index >= 15 is 0 Å². The molecular formula is C14H19NO2. The van der Waals surface area contributed by atoms with Crippen LogP contribution in [0.2, 0.25) is 0 Å². The van der Waals surface area contributed by atoms with Crippen LogP contribution in [0.5, 0.6) is 0 Å². The number of aromatic nitrogens is 1. The van der Waals surface area contributed by atoms with E-state index in [9.17, 15) is 9.59 Å². The smallest absolute Gasteiger partial charge is 0.261 e. The van der Waals surface area contributed by atoms with Crippen LogP contribution in [0.4, 0.5) is 0 Å². The fraction of sp³-hybridized carbons (Fsp3) is 0.571. The Morgan fingerprint density at radius 2 is 2.06 bits per heavy atom. The number of fused-ring (bicyclic) bond motifs is 1. The van der Waals surface area contributed by atoms with E-state index in [2.05, 4.69) is 6.92 Å². The molecule has 0 spiro atoms. The Kier molecular flexibility index (Phi) is 3.46. The lowest BCUT2D eigenvalue weighted by Crippen LogP contribution is -2.31. The molecule has 0 unspecified atom stereocenters. The van der Waals surface area contributed by atoms with Crippen molar-refractivity contribution in [1.82, 2.24) is 4.57 Å². The van der Waals surface area contributed by atoms with Crippen molar-refractivity contribution < 1.29 is 4.79 Å². The fourth-order valence-corrected chi connectivity index (χ4v) is 2.59. The molecule has 0 saturated heterocycles. The molecule has 0 N–H and O–H groups in total. The number of carbonyl (C=O) groups excluding carboxylic acids is 1. The van der Waals surface area contributed by atoms with Gasteiger partial charge >= 0.3 is 0 Å². The number of hydrogen-bond acceptors (Lipinski definition) is 2. The summed E-state index contributed by atoms with van der Waals surface area (Å²) in [7, 11) is 0. The van der Waals surface area contributed by atoms with Gasteiger partial charge in [-0.15, -0.1) is 0 Å². The number of pyridine rings is 1. The van der Waals surface area contributed by atoms with Crippen LogP contribution in [0.1, 0.15) is 54.7 Å². The van der Waals surface area contributed by atoms with E-state index in [1.165, 1.54) is 12.5 Å². The van der Waals surface area contributed by atoms with Crippen LogP contribution in [0.3, 0.4) is 0 Å². The van der Waals surface area contributed by atoms with Crippen molar-refractivity contribution in [3.05, 3.63) is 33.2 Å². The standard InChI is InChI=1S/C14H19NO2/c1-3-8-15-13-7-5-4-6-11(13)9-12(10(2)16)14(15)17/h9H,3-8H2,1-2H3. The normalized spacial score (nSPS) is 14.5. The van der Waals surface area contributed by atoms with Crippen molar-refractivity contribution >= 4 is 5.78 Å². The van der Waals surface area contributed by atoms with E-state index in [4.69, 9.17) is 0 Å². The van der Waals surface area contributed by atoms with Gasteiger partial charge in [0.05, 0.1) is 5.56 Å². The number of ketones is 1. The van der Waals surface area contributed by atoms with Crippen LogP contribution in [0, 0.1) is 0 Å². The summed E-state index contributed by atoms with van der Waals surface area (Å²) in [5, 5.41) is 0. The lowest BCUT2D eigenvalue weighted by molar-refractivity contribution is 0.101. The van der Waals surface area contributed by atoms with Gasteiger partial charge < -0.3 is 4.57 Å². The summed E-state index contributed by atoms with van der Waals surface area (Å²) in [5.74, 6) is -0.117. The van der Waals surface area contributed by atoms with Crippen LogP contribution in [0.25, 0.3) is 0 Å². The predicted octanol–water partition coefficient (Wildman–Crippen LogP) is 2.34. The molecule has 0 amide bonds. The second-order valence-corrected chi connectivity index (χ2v) is 4.75. The van der Waals surface area contributed by atoms with E-state index in [-0.39, 0.29) is 11.3 Å². The number of hydrogen-bond donors (Lipinski definition) is 0. The summed E-state index contributed by atoms with van der Waals surface area (Å²) in [6, 6.07) is 1.82. The van der Waals surface area contributed by atoms with Crippen LogP contribution in [0.15, 0.2) is 10.9 Å². The highest BCUT2D eigenvalue weighted by atomic mass is 16.1. The summed E-state index contributed by atoms with van der Waals surface area (Å²) in [4.78, 5) is 23.7. The highest BCUT2D eigenvalue weighted by molar-refractivity contribution is 5.93. The van der Waals surface area contributed by atoms with Gasteiger partial charge in [-0.3, -0.25) is 9.59 Å². The maximum Gasteiger partial charge on any atom is 0.261 e. The third-order valence-corrected chi connectivity index (χ3v) is 3.43. The zero-order valence-corrected chi connectivity index (χ0v) is 10.6. The van der Waals surface area contributed by atoms with Crippen molar-refractivity contribution in [2.75, 3.05) is 0 Å². The van der Waals surface area contributed by atoms with Crippen molar-refractivity contribution in [2.45, 2.75) is 52.5 Å². The summed E-state index contributed by atoms with van der Waals surface area (Å²) in [5.41, 5.74) is 2.63. The average Bonchev–Trinajstić information content (AvgIpc) is 2.32. The summed E-state index contributed by atoms with van der Waals surface area (Å²) < 4.78 is 1.82. The van der Waals surface area contributed by atoms with Gasteiger partial charge in [0.2, 0.25) is 0 Å². The molecule has 1 aliphatic carbocycles. The van der Waals surface area contributed by atoms with Gasteiger partial charge in [-0.05, 0) is 50.7 Å². The van der Waals surface area contributed by atoms with Crippen LogP contribution in [-0.4, -0.2) is 10.4 Å². The number of aryl methyl sites for hydroxylation is 1. The Balaban J connectivity index is 2.64. The first kappa shape index (κ1) is 12.1. The van der Waals surface area contributed by atoms with E-state index < -0.39 is 0 Å². The maximum atomic E-state index is 12.2. The molecule has 1 aromatic rings. The largest absolute Gasteiger partial charge is 0.312 e. The third-order valence-electron chi connectivity index (χ3n) is 3.43. The second-order valence-electron chi connectivity index (χ2n) is 4.75. The lowest BCUT2D eigenvalue weighted by atomic mass is 9.93. The van der Waals surface area contributed by atoms with Crippen molar-refractivity contribution in [2.24, 2.45) is 0 Å². The summed E-state index contributed by atoms with van der Waals surface area (Å²) >= 11 is 0. The minimum atomic E-state index is -0.117. The SMILES string of the molecule is CCCn1c2c(cc(C(C)=O)c1=O)CCCC2. The average molecular weight is 233 g/mol. The number of rotatable bonds is 3. The molecule has 0 aliphatic heterocycles. The minimum Gasteiger partial charge on any atom is -0.312 e. The van der Waals surface area contributed by atoms with Gasteiger partial charge in [-0.2, -0.15) is 0 Å². The van der Waals surface area contributed by atoms with Gasteiger partial charge in [0.1, 0.15) is 0 Å². The molecule has 0 aromatic carbocycles. The molecule has 0 atom stereocenters. The molecule has 92 valence electrons. The van der Waals surface area contributed by atoms with E-state index in [1.807, 2.05) is 10.6 Å². The molecule has 3 nitrogen and oxygen atoms in total. The monoisotopic (exact) mass is 233 g/mol. The molecule has 3 heteroatoms. The highest BCUT2D eigenvalue weighted by Gasteiger charge is 2.18. The van der Waals surface area contributed by atoms with Crippen LogP contribution in [-0.2, 0) is 19.4 Å². The molecule has 0 saturated carbocycles. The molecule has 2 rings (SSSR count). The maximum absolute atomic E-state index is 12.2. The van der Waals surface area contributed by atoms with E-state index in [0.29, 0.717) is 5.56 Å². The Morgan fingerprint density at radius 1 is 1.35 bits per heavy atom. The van der Waals surface area contributed by atoms with Gasteiger partial charge in [0.15, 0.2) is 5.78 Å². The molecular weight excluding hydrogens is 214 g/mol. The Labute approximate surface area is 101 Å². The lowest BCUT2D eigenvalue weighted by Gasteiger charge is -2.21. The van der Waals surface area contributed by atoms with Gasteiger partial charge in [-0.1, -0.05) is 6.92 Å². The number of nitrogens with zero attached hydrogens (tertiary/aromatic N) is 1. The van der Waals surface area contributed by atoms with E-state index in [1.54, 1.807) is 0 Å². The molecule has 17 heavy (non-hydrogen) atoms. The van der Waals surface area contributed by atoms with E-state index in [0.717, 1.165) is 44.3 Å². The molecule has 0 fully saturated rings. The van der Waals surface area contributed by atoms with Crippen molar-refractivity contribution in [1.29, 1.82) is 0 Å². The topological polar surface area (TPSA) is 39.1 Å². The van der Waals surface area contributed by atoms with Crippen molar-refractivity contribution in [3.63, 3.8) is 0 Å². The first-order valence-corrected chi connectivity index (χ1v) is 6.41. The second kappa shape index (κ2) is 4.86. The van der Waals surface area contributed by atoms with Crippen LogP contribution < -0.4 is 5.56 Å². The van der Waals surface area contributed by atoms with Crippen LogP contribution >= 0.6 is 0 Å². The van der Waals surface area contributed by atoms with Gasteiger partial charge in [0, 0.05) is 12.2 Å². The number of Topliss-reactive ketones (excluding diaryl/α,β-unsaturated/α-hetero) is 1. The highest BCUT2D eigenvalue weighted by Crippen LogP contribution is 2.21. The first-order valence-electron chi connectivity index (χ1n) is 6.41. The molecule has 1 heterocycles. The Bertz CT molecular complexity index is 500. The molecule has 0 bridgehead atoms. The first-order chi connectivity index (χ1) is 8.15. The summed E-state index contributed by atoms with van der Waals surface area (Å²) in [6.45, 7) is 4.26. The number of carbonyl (C=O) groups is 1. The summed E-state index contributed by atoms with van der Waals surface area (Å²) in [6.07, 6.45) is 5.21. The zero-order valence-electron chi connectivity index (χ0n) is 10.6. The molecule has 0 radical (unpaired) electrons. The molecule has 1 aromatic heterocycles. The fourth-order valence-electron chi connectivity index (χ4n) is 2.59. The predicted molar refractivity (Wildman–Crippen MR) is 67.6 cm³/mol.